The summed E-state index contributed by atoms with van der Waals surface area (Å²) >= 11 is 0. The van der Waals surface area contributed by atoms with Gasteiger partial charge in [0.05, 0.1) is 13.2 Å². The van der Waals surface area contributed by atoms with E-state index in [1.165, 1.54) is 102 Å². The number of phosphoric ester groups is 1. The highest BCUT2D eigenvalue weighted by molar-refractivity contribution is 7.47. The van der Waals surface area contributed by atoms with Crippen LogP contribution in [0.4, 0.5) is 0 Å². The normalized spacial score (nSPS) is 28.1. The molecule has 2 fully saturated rings. The smallest absolute Gasteiger partial charge is 0.462 e. The quantitative estimate of drug-likeness (QED) is 0.00901. The van der Waals surface area contributed by atoms with Crippen LogP contribution < -0.4 is 0 Å². The molecule has 0 aromatic carbocycles. The van der Waals surface area contributed by atoms with E-state index in [1.54, 1.807) is 6.08 Å². The average molecular weight is 995 g/mol. The van der Waals surface area contributed by atoms with E-state index in [4.69, 9.17) is 28.0 Å². The van der Waals surface area contributed by atoms with Gasteiger partial charge in [-0.25, -0.2) is 9.36 Å². The summed E-state index contributed by atoms with van der Waals surface area (Å²) in [6, 6.07) is 0. The number of phosphoric acid groups is 1. The number of aliphatic hydroxyl groups is 8. The second-order valence-electron chi connectivity index (χ2n) is 18.1. The van der Waals surface area contributed by atoms with Gasteiger partial charge in [0.15, 0.2) is 12.4 Å². The van der Waals surface area contributed by atoms with Crippen LogP contribution in [0.5, 0.6) is 0 Å². The first-order valence-corrected chi connectivity index (χ1v) is 26.8. The van der Waals surface area contributed by atoms with Crippen LogP contribution in [-0.4, -0.2) is 151 Å². The molecule has 1 saturated heterocycles. The number of aliphatic hydroxyl groups excluding tert-OH is 8. The Bertz CT molecular complexity index is 1460. The number of hydrogen-bond donors (Lipinski definition) is 9. The molecule has 0 bridgehead atoms. The summed E-state index contributed by atoms with van der Waals surface area (Å²) in [5.41, 5.74) is 0. The third-order valence-electron chi connectivity index (χ3n) is 12.2. The van der Waals surface area contributed by atoms with Gasteiger partial charge in [0.1, 0.15) is 67.6 Å². The van der Waals surface area contributed by atoms with Crippen LogP contribution in [0.3, 0.4) is 0 Å². The van der Waals surface area contributed by atoms with E-state index in [0.29, 0.717) is 6.42 Å². The average Bonchev–Trinajstić information content (AvgIpc) is 3.32. The summed E-state index contributed by atoms with van der Waals surface area (Å²) < 4.78 is 45.2. The molecule has 396 valence electrons. The van der Waals surface area contributed by atoms with Gasteiger partial charge >= 0.3 is 19.8 Å². The van der Waals surface area contributed by atoms with E-state index >= 15 is 0 Å². The molecule has 0 aromatic heterocycles. The van der Waals surface area contributed by atoms with Crippen molar-refractivity contribution >= 4 is 19.8 Å². The van der Waals surface area contributed by atoms with Crippen molar-refractivity contribution in [3.63, 3.8) is 0 Å². The molecule has 18 nitrogen and oxygen atoms in total. The fourth-order valence-corrected chi connectivity index (χ4v) is 8.93. The van der Waals surface area contributed by atoms with Crippen LogP contribution in [-0.2, 0) is 42.1 Å². The number of ether oxygens (including phenoxy) is 4. The van der Waals surface area contributed by atoms with Crippen LogP contribution in [0.15, 0.2) is 36.5 Å². The molecule has 13 atom stereocenters. The molecular weight excluding hydrogens is 907 g/mol. The first kappa shape index (κ1) is 62.0. The van der Waals surface area contributed by atoms with Gasteiger partial charge in [-0.3, -0.25) is 13.8 Å². The Kier molecular flexibility index (Phi) is 33.5. The Morgan fingerprint density at radius 3 is 1.62 bits per heavy atom. The third kappa shape index (κ3) is 25.3. The minimum absolute atomic E-state index is 0.0698. The van der Waals surface area contributed by atoms with Gasteiger partial charge < -0.3 is 64.7 Å². The lowest BCUT2D eigenvalue weighted by Gasteiger charge is -2.47. The maximum atomic E-state index is 13.4. The van der Waals surface area contributed by atoms with Crippen molar-refractivity contribution in [2.45, 2.75) is 241 Å². The summed E-state index contributed by atoms with van der Waals surface area (Å²) in [5, 5.41) is 82.9. The van der Waals surface area contributed by atoms with E-state index in [1.807, 2.05) is 6.08 Å². The van der Waals surface area contributed by atoms with Crippen LogP contribution in [0, 0.1) is 0 Å². The Hall–Kier alpha value is -2.13. The SMILES string of the molecule is CCCCCCCCC=CCCCCCC(=O)OCC(COP(=O)(O)OC1C(O)C(O)C(O)C(O)C1OC1OC(CO)C(O)C(O)C1O)OC(=O)C=CC=CCCCCCCCCCCCCC. The Morgan fingerprint density at radius 2 is 1.07 bits per heavy atom. The minimum atomic E-state index is -5.40. The van der Waals surface area contributed by atoms with Crippen LogP contribution in [0.1, 0.15) is 168 Å². The molecule has 0 spiro atoms. The molecule has 9 N–H and O–H groups in total. The van der Waals surface area contributed by atoms with Gasteiger partial charge in [0.2, 0.25) is 0 Å². The number of allylic oxidation sites excluding steroid dienone is 5. The second kappa shape index (κ2) is 36.7. The summed E-state index contributed by atoms with van der Waals surface area (Å²) in [7, 11) is -5.40. The molecule has 0 amide bonds. The summed E-state index contributed by atoms with van der Waals surface area (Å²) in [6.07, 6.45) is 13.0. The van der Waals surface area contributed by atoms with Crippen LogP contribution in [0.25, 0.3) is 0 Å². The monoisotopic (exact) mass is 995 g/mol. The van der Waals surface area contributed by atoms with Crippen molar-refractivity contribution in [2.75, 3.05) is 19.8 Å². The van der Waals surface area contributed by atoms with E-state index in [0.717, 1.165) is 51.0 Å². The zero-order valence-corrected chi connectivity index (χ0v) is 41.5. The fraction of sp³-hybridized carbons (Fsp3) is 0.837. The molecule has 1 aliphatic carbocycles. The summed E-state index contributed by atoms with van der Waals surface area (Å²) in [6.45, 7) is 2.09. The Balaban J connectivity index is 2.00. The number of unbranched alkanes of at least 4 members (excludes halogenated alkanes) is 20. The van der Waals surface area contributed by atoms with Crippen molar-refractivity contribution in [3.8, 4) is 0 Å². The first-order valence-electron chi connectivity index (χ1n) is 25.4. The minimum Gasteiger partial charge on any atom is -0.462 e. The number of rotatable bonds is 38. The molecule has 1 heterocycles. The zero-order chi connectivity index (χ0) is 50.2. The standard InChI is InChI=1S/C49H87O18P/c1-3-5-7-9-11-13-15-17-18-20-22-24-26-28-30-32-39(52)64-36(34-62-38(51)31-29-27-25-23-21-19-16-14-12-10-8-6-4-2)35-63-68(60,61)67-48-45(58)43(56)42(55)44(57)47(48)66-49-46(59)41(54)40(53)37(33-50)65-49/h19,21,26,28,30,32,36-37,40-50,53-59H,3-18,20,22-25,27,29,31,33-35H2,1-2H3,(H,60,61). The molecule has 1 saturated carbocycles. The van der Waals surface area contributed by atoms with Gasteiger partial charge in [-0.05, 0) is 44.9 Å². The fourth-order valence-electron chi connectivity index (χ4n) is 7.96. The predicted octanol–water partition coefficient (Wildman–Crippen LogP) is 5.66. The van der Waals surface area contributed by atoms with E-state index < -0.39 is 113 Å². The van der Waals surface area contributed by atoms with Gasteiger partial charge in [-0.1, -0.05) is 147 Å². The number of carbonyl (C=O) groups excluding carboxylic acids is 2. The molecule has 2 rings (SSSR count). The van der Waals surface area contributed by atoms with Gasteiger partial charge in [-0.15, -0.1) is 0 Å². The van der Waals surface area contributed by atoms with Crippen LogP contribution >= 0.6 is 7.82 Å². The number of hydrogen-bond acceptors (Lipinski definition) is 17. The third-order valence-corrected chi connectivity index (χ3v) is 13.2. The molecule has 19 heteroatoms. The topological polar surface area (TPSA) is 289 Å². The summed E-state index contributed by atoms with van der Waals surface area (Å²) in [4.78, 5) is 36.4. The maximum Gasteiger partial charge on any atom is 0.472 e. The molecule has 1 aliphatic heterocycles. The number of esters is 2. The highest BCUT2D eigenvalue weighted by atomic mass is 31.2. The maximum absolute atomic E-state index is 13.4. The van der Waals surface area contributed by atoms with Crippen molar-refractivity contribution in [3.05, 3.63) is 36.5 Å². The second-order valence-corrected chi connectivity index (χ2v) is 19.5. The van der Waals surface area contributed by atoms with Gasteiger partial charge in [0.25, 0.3) is 0 Å². The zero-order valence-electron chi connectivity index (χ0n) is 40.6. The highest BCUT2D eigenvalue weighted by Crippen LogP contribution is 2.48. The Labute approximate surface area is 404 Å². The van der Waals surface area contributed by atoms with E-state index in [-0.39, 0.29) is 6.42 Å². The lowest BCUT2D eigenvalue weighted by molar-refractivity contribution is -0.338. The highest BCUT2D eigenvalue weighted by Gasteiger charge is 2.55. The molecule has 0 aromatic rings. The molecule has 13 unspecified atom stereocenters. The van der Waals surface area contributed by atoms with Crippen LogP contribution in [0.2, 0.25) is 0 Å². The molecular formula is C49H87O18P. The lowest BCUT2D eigenvalue weighted by atomic mass is 9.84. The molecule has 0 radical (unpaired) electrons. The largest absolute Gasteiger partial charge is 0.472 e. The van der Waals surface area contributed by atoms with Crippen molar-refractivity contribution in [1.82, 2.24) is 0 Å². The van der Waals surface area contributed by atoms with E-state index in [2.05, 4.69) is 26.0 Å². The van der Waals surface area contributed by atoms with Crippen molar-refractivity contribution in [2.24, 2.45) is 0 Å². The van der Waals surface area contributed by atoms with Gasteiger partial charge in [-0.2, -0.15) is 0 Å². The lowest BCUT2D eigenvalue weighted by Crippen LogP contribution is -2.67. The Morgan fingerprint density at radius 1 is 0.588 bits per heavy atom. The number of carbonyl (C=O) groups is 2. The summed E-state index contributed by atoms with van der Waals surface area (Å²) in [5.74, 6) is -1.49. The molecule has 68 heavy (non-hydrogen) atoms. The van der Waals surface area contributed by atoms with Gasteiger partial charge in [0, 0.05) is 12.5 Å². The predicted molar refractivity (Wildman–Crippen MR) is 254 cm³/mol. The van der Waals surface area contributed by atoms with Crippen molar-refractivity contribution in [1.29, 1.82) is 0 Å². The van der Waals surface area contributed by atoms with E-state index in [9.17, 15) is 59.9 Å². The van der Waals surface area contributed by atoms with Crippen molar-refractivity contribution < 1.29 is 87.9 Å². The molecule has 2 aliphatic rings. The first-order chi connectivity index (χ1) is 32.7.